The van der Waals surface area contributed by atoms with E-state index >= 15 is 0 Å². The van der Waals surface area contributed by atoms with E-state index in [-0.39, 0.29) is 11.8 Å². The monoisotopic (exact) mass is 322 g/mol. The third-order valence-electron chi connectivity index (χ3n) is 3.12. The minimum atomic E-state index is -0.222. The highest BCUT2D eigenvalue weighted by molar-refractivity contribution is 7.16. The number of hydrogen-bond donors (Lipinski definition) is 2. The summed E-state index contributed by atoms with van der Waals surface area (Å²) < 4.78 is 0. The van der Waals surface area contributed by atoms with E-state index in [1.165, 1.54) is 0 Å². The van der Waals surface area contributed by atoms with E-state index < -0.39 is 0 Å². The lowest BCUT2D eigenvalue weighted by atomic mass is 10.3. The maximum Gasteiger partial charge on any atom is 0.265 e. The van der Waals surface area contributed by atoms with Gasteiger partial charge in [-0.05, 0) is 36.4 Å². The molecule has 0 radical (unpaired) electrons. The molecule has 2 amide bonds. The first-order chi connectivity index (χ1) is 11.2. The molecule has 0 bridgehead atoms. The zero-order chi connectivity index (χ0) is 16.1. The zero-order valence-corrected chi connectivity index (χ0v) is 13.0. The molecule has 0 fully saturated rings. The summed E-state index contributed by atoms with van der Waals surface area (Å²) in [5.74, 6) is -0.445. The second-order valence-corrected chi connectivity index (χ2v) is 5.89. The highest BCUT2D eigenvalue weighted by Gasteiger charge is 2.14. The first kappa shape index (κ1) is 15.0. The topological polar surface area (TPSA) is 58.2 Å². The fourth-order valence-electron chi connectivity index (χ4n) is 2.01. The largest absolute Gasteiger partial charge is 0.321 e. The highest BCUT2D eigenvalue weighted by Crippen LogP contribution is 2.20. The molecule has 1 heterocycles. The van der Waals surface area contributed by atoms with E-state index in [1.54, 1.807) is 12.1 Å². The standard InChI is InChI=1S/C18H14N2O2S/c21-17(19-13-7-3-1-4-8-13)15-11-12-16(23-15)18(22)20-14-9-5-2-6-10-14/h1-12H,(H,19,21)(H,20,22). The number of thiophene rings is 1. The van der Waals surface area contributed by atoms with Gasteiger partial charge in [0, 0.05) is 11.4 Å². The number of anilines is 2. The normalized spacial score (nSPS) is 10.1. The molecule has 0 saturated heterocycles. The van der Waals surface area contributed by atoms with Crippen LogP contribution in [0.25, 0.3) is 0 Å². The van der Waals surface area contributed by atoms with E-state index in [2.05, 4.69) is 10.6 Å². The predicted molar refractivity (Wildman–Crippen MR) is 93.1 cm³/mol. The van der Waals surface area contributed by atoms with Crippen molar-refractivity contribution >= 4 is 34.5 Å². The maximum atomic E-state index is 12.2. The van der Waals surface area contributed by atoms with Crippen LogP contribution in [0.4, 0.5) is 11.4 Å². The van der Waals surface area contributed by atoms with Crippen molar-refractivity contribution in [1.82, 2.24) is 0 Å². The molecule has 2 aromatic carbocycles. The molecule has 114 valence electrons. The second-order valence-electron chi connectivity index (χ2n) is 4.80. The second kappa shape index (κ2) is 6.89. The summed E-state index contributed by atoms with van der Waals surface area (Å²) in [6.45, 7) is 0. The van der Waals surface area contributed by atoms with E-state index in [0.717, 1.165) is 22.7 Å². The Kier molecular flexibility index (Phi) is 4.49. The first-order valence-corrected chi connectivity index (χ1v) is 7.87. The number of carbonyl (C=O) groups excluding carboxylic acids is 2. The van der Waals surface area contributed by atoms with Gasteiger partial charge in [0.15, 0.2) is 0 Å². The Balaban J connectivity index is 1.68. The van der Waals surface area contributed by atoms with Gasteiger partial charge in [0.25, 0.3) is 11.8 Å². The molecule has 3 aromatic rings. The van der Waals surface area contributed by atoms with Gasteiger partial charge >= 0.3 is 0 Å². The molecular weight excluding hydrogens is 308 g/mol. The van der Waals surface area contributed by atoms with Crippen LogP contribution >= 0.6 is 11.3 Å². The van der Waals surface area contributed by atoms with Gasteiger partial charge in [-0.3, -0.25) is 9.59 Å². The summed E-state index contributed by atoms with van der Waals surface area (Å²) in [6.07, 6.45) is 0. The van der Waals surface area contributed by atoms with Crippen LogP contribution in [0.1, 0.15) is 19.3 Å². The van der Waals surface area contributed by atoms with Crippen molar-refractivity contribution in [1.29, 1.82) is 0 Å². The number of nitrogens with one attached hydrogen (secondary N) is 2. The molecule has 0 aliphatic carbocycles. The first-order valence-electron chi connectivity index (χ1n) is 7.05. The van der Waals surface area contributed by atoms with Gasteiger partial charge in [0.05, 0.1) is 9.75 Å². The van der Waals surface area contributed by atoms with Crippen molar-refractivity contribution in [3.05, 3.63) is 82.6 Å². The highest BCUT2D eigenvalue weighted by atomic mass is 32.1. The number of rotatable bonds is 4. The summed E-state index contributed by atoms with van der Waals surface area (Å²) in [7, 11) is 0. The minimum Gasteiger partial charge on any atom is -0.321 e. The van der Waals surface area contributed by atoms with Gasteiger partial charge < -0.3 is 10.6 Å². The van der Waals surface area contributed by atoms with Gasteiger partial charge in [-0.1, -0.05) is 36.4 Å². The van der Waals surface area contributed by atoms with Crippen LogP contribution in [0.3, 0.4) is 0 Å². The van der Waals surface area contributed by atoms with Crippen molar-refractivity contribution in [3.63, 3.8) is 0 Å². The van der Waals surface area contributed by atoms with Crippen LogP contribution in [-0.4, -0.2) is 11.8 Å². The Morgan fingerprint density at radius 3 is 1.39 bits per heavy atom. The van der Waals surface area contributed by atoms with Gasteiger partial charge in [-0.25, -0.2) is 0 Å². The van der Waals surface area contributed by atoms with Crippen molar-refractivity contribution in [2.75, 3.05) is 10.6 Å². The Morgan fingerprint density at radius 1 is 0.609 bits per heavy atom. The maximum absolute atomic E-state index is 12.2. The molecule has 0 aliphatic heterocycles. The average Bonchev–Trinajstić information content (AvgIpc) is 3.07. The van der Waals surface area contributed by atoms with Gasteiger partial charge in [0.2, 0.25) is 0 Å². The Bertz CT molecular complexity index is 745. The molecule has 0 spiro atoms. The Labute approximate surface area is 137 Å². The van der Waals surface area contributed by atoms with Gasteiger partial charge in [-0.15, -0.1) is 11.3 Å². The molecule has 0 saturated carbocycles. The molecular formula is C18H14N2O2S. The van der Waals surface area contributed by atoms with Crippen molar-refractivity contribution < 1.29 is 9.59 Å². The summed E-state index contributed by atoms with van der Waals surface area (Å²) in [4.78, 5) is 25.3. The third-order valence-corrected chi connectivity index (χ3v) is 4.20. The molecule has 1 aromatic heterocycles. The van der Waals surface area contributed by atoms with Crippen molar-refractivity contribution in [3.8, 4) is 0 Å². The van der Waals surface area contributed by atoms with Crippen LogP contribution in [0.5, 0.6) is 0 Å². The lowest BCUT2D eigenvalue weighted by Gasteiger charge is -2.03. The molecule has 3 rings (SSSR count). The van der Waals surface area contributed by atoms with Crippen LogP contribution in [0.15, 0.2) is 72.8 Å². The molecule has 23 heavy (non-hydrogen) atoms. The third kappa shape index (κ3) is 3.84. The Morgan fingerprint density at radius 2 is 1.00 bits per heavy atom. The summed E-state index contributed by atoms with van der Waals surface area (Å²) >= 11 is 1.16. The minimum absolute atomic E-state index is 0.222. The average molecular weight is 322 g/mol. The number of benzene rings is 2. The summed E-state index contributed by atoms with van der Waals surface area (Å²) in [5, 5.41) is 5.60. The molecule has 0 unspecified atom stereocenters. The SMILES string of the molecule is O=C(Nc1ccccc1)c1ccc(C(=O)Nc2ccccc2)s1. The molecule has 5 heteroatoms. The fourth-order valence-corrected chi connectivity index (χ4v) is 2.81. The van der Waals surface area contributed by atoms with Crippen LogP contribution in [-0.2, 0) is 0 Å². The number of carbonyl (C=O) groups is 2. The van der Waals surface area contributed by atoms with E-state index in [9.17, 15) is 9.59 Å². The lowest BCUT2D eigenvalue weighted by Crippen LogP contribution is -2.11. The van der Waals surface area contributed by atoms with Crippen molar-refractivity contribution in [2.24, 2.45) is 0 Å². The zero-order valence-electron chi connectivity index (χ0n) is 12.2. The molecule has 0 aliphatic rings. The number of hydrogen-bond acceptors (Lipinski definition) is 3. The summed E-state index contributed by atoms with van der Waals surface area (Å²) in [5.41, 5.74) is 1.45. The van der Waals surface area contributed by atoms with Crippen LogP contribution < -0.4 is 10.6 Å². The van der Waals surface area contributed by atoms with Crippen molar-refractivity contribution in [2.45, 2.75) is 0 Å². The van der Waals surface area contributed by atoms with Crippen LogP contribution in [0.2, 0.25) is 0 Å². The van der Waals surface area contributed by atoms with Crippen LogP contribution in [0, 0.1) is 0 Å². The Hall–Kier alpha value is -2.92. The number of amides is 2. The van der Waals surface area contributed by atoms with Gasteiger partial charge in [0.1, 0.15) is 0 Å². The van der Waals surface area contributed by atoms with E-state index in [1.807, 2.05) is 60.7 Å². The smallest absolute Gasteiger partial charge is 0.265 e. The molecule has 2 N–H and O–H groups in total. The number of para-hydroxylation sites is 2. The fraction of sp³-hybridized carbons (Fsp3) is 0. The molecule has 0 atom stereocenters. The lowest BCUT2D eigenvalue weighted by molar-refractivity contribution is 0.102. The van der Waals surface area contributed by atoms with E-state index in [4.69, 9.17) is 0 Å². The predicted octanol–water partition coefficient (Wildman–Crippen LogP) is 4.25. The molecule has 4 nitrogen and oxygen atoms in total. The summed E-state index contributed by atoms with van der Waals surface area (Å²) in [6, 6.07) is 21.7. The van der Waals surface area contributed by atoms with Gasteiger partial charge in [-0.2, -0.15) is 0 Å². The van der Waals surface area contributed by atoms with E-state index in [0.29, 0.717) is 9.75 Å². The quantitative estimate of drug-likeness (QED) is 0.754.